The maximum Gasteiger partial charge on any atom is 0.305 e. The number of benzene rings is 1. The van der Waals surface area contributed by atoms with Crippen LogP contribution in [0, 0.1) is 0 Å². The fourth-order valence-corrected chi connectivity index (χ4v) is 2.34. The van der Waals surface area contributed by atoms with Crippen LogP contribution in [0.3, 0.4) is 0 Å². The van der Waals surface area contributed by atoms with E-state index >= 15 is 0 Å². The number of nitrogens with zero attached hydrogens (tertiary/aromatic N) is 1. The SMILES string of the molecule is CCNC(=NCc1cccc(OC)c1)NCCCCCCC(=O)OC. The van der Waals surface area contributed by atoms with Crippen LogP contribution in [0.15, 0.2) is 29.3 Å². The average Bonchev–Trinajstić information content (AvgIpc) is 2.65. The summed E-state index contributed by atoms with van der Waals surface area (Å²) in [4.78, 5) is 15.6. The molecular weight excluding hydrogens is 318 g/mol. The van der Waals surface area contributed by atoms with Gasteiger partial charge in [-0.05, 0) is 37.5 Å². The summed E-state index contributed by atoms with van der Waals surface area (Å²) in [5, 5.41) is 6.60. The molecule has 0 radical (unpaired) electrons. The lowest BCUT2D eigenvalue weighted by Crippen LogP contribution is -2.37. The number of aliphatic imine (C=N–C) groups is 1. The number of hydrogen-bond acceptors (Lipinski definition) is 4. The van der Waals surface area contributed by atoms with Crippen LogP contribution < -0.4 is 15.4 Å². The van der Waals surface area contributed by atoms with Crippen LogP contribution in [-0.2, 0) is 16.1 Å². The highest BCUT2D eigenvalue weighted by Gasteiger charge is 2.01. The molecule has 1 aromatic rings. The number of hydrogen-bond donors (Lipinski definition) is 2. The topological polar surface area (TPSA) is 72.0 Å². The van der Waals surface area contributed by atoms with E-state index in [1.54, 1.807) is 7.11 Å². The van der Waals surface area contributed by atoms with E-state index in [0.717, 1.165) is 56.0 Å². The molecule has 140 valence electrons. The summed E-state index contributed by atoms with van der Waals surface area (Å²) >= 11 is 0. The Morgan fingerprint density at radius 2 is 1.92 bits per heavy atom. The molecule has 0 atom stereocenters. The largest absolute Gasteiger partial charge is 0.497 e. The summed E-state index contributed by atoms with van der Waals surface area (Å²) < 4.78 is 9.87. The first-order valence-corrected chi connectivity index (χ1v) is 8.91. The van der Waals surface area contributed by atoms with E-state index in [1.807, 2.05) is 24.3 Å². The second-order valence-corrected chi connectivity index (χ2v) is 5.71. The molecule has 2 N–H and O–H groups in total. The van der Waals surface area contributed by atoms with Crippen LogP contribution in [0.5, 0.6) is 5.75 Å². The molecule has 0 aliphatic carbocycles. The smallest absolute Gasteiger partial charge is 0.305 e. The Kier molecular flexibility index (Phi) is 10.9. The van der Waals surface area contributed by atoms with E-state index in [-0.39, 0.29) is 5.97 Å². The van der Waals surface area contributed by atoms with Crippen LogP contribution >= 0.6 is 0 Å². The first-order valence-electron chi connectivity index (χ1n) is 8.91. The lowest BCUT2D eigenvalue weighted by molar-refractivity contribution is -0.140. The van der Waals surface area contributed by atoms with Crippen LogP contribution in [0.1, 0.15) is 44.6 Å². The predicted molar refractivity (Wildman–Crippen MR) is 101 cm³/mol. The molecule has 6 heteroatoms. The molecule has 0 saturated heterocycles. The maximum absolute atomic E-state index is 11.0. The van der Waals surface area contributed by atoms with Gasteiger partial charge in [0.15, 0.2) is 5.96 Å². The highest BCUT2D eigenvalue weighted by molar-refractivity contribution is 5.79. The third-order valence-electron chi connectivity index (χ3n) is 3.73. The second kappa shape index (κ2) is 13.1. The molecule has 0 heterocycles. The summed E-state index contributed by atoms with van der Waals surface area (Å²) in [7, 11) is 3.10. The van der Waals surface area contributed by atoms with E-state index in [4.69, 9.17) is 4.74 Å². The van der Waals surface area contributed by atoms with Gasteiger partial charge >= 0.3 is 5.97 Å². The summed E-state index contributed by atoms with van der Waals surface area (Å²) in [6.45, 7) is 4.34. The molecule has 0 amide bonds. The highest BCUT2D eigenvalue weighted by Crippen LogP contribution is 2.13. The number of ether oxygens (including phenoxy) is 2. The Labute approximate surface area is 151 Å². The van der Waals surface area contributed by atoms with Crippen molar-refractivity contribution in [3.63, 3.8) is 0 Å². The fraction of sp³-hybridized carbons (Fsp3) is 0.579. The van der Waals surface area contributed by atoms with Gasteiger partial charge in [-0.25, -0.2) is 4.99 Å². The monoisotopic (exact) mass is 349 g/mol. The number of esters is 1. The molecule has 0 fully saturated rings. The van der Waals surface area contributed by atoms with Gasteiger partial charge in [-0.15, -0.1) is 0 Å². The number of carbonyl (C=O) groups excluding carboxylic acids is 1. The van der Waals surface area contributed by atoms with Gasteiger partial charge in [0.05, 0.1) is 20.8 Å². The molecule has 6 nitrogen and oxygen atoms in total. The highest BCUT2D eigenvalue weighted by atomic mass is 16.5. The molecule has 1 rings (SSSR count). The Morgan fingerprint density at radius 3 is 2.64 bits per heavy atom. The Balaban J connectivity index is 2.29. The normalized spacial score (nSPS) is 11.1. The van der Waals surface area contributed by atoms with Crippen LogP contribution in [0.2, 0.25) is 0 Å². The molecule has 0 aliphatic heterocycles. The van der Waals surface area contributed by atoms with Gasteiger partial charge in [0.25, 0.3) is 0 Å². The average molecular weight is 349 g/mol. The molecule has 0 saturated carbocycles. The van der Waals surface area contributed by atoms with Crippen molar-refractivity contribution in [3.8, 4) is 5.75 Å². The first-order chi connectivity index (χ1) is 12.2. The molecule has 0 aromatic heterocycles. The number of rotatable bonds is 11. The quantitative estimate of drug-likeness (QED) is 0.278. The number of guanidine groups is 1. The zero-order valence-electron chi connectivity index (χ0n) is 15.6. The molecule has 0 unspecified atom stereocenters. The second-order valence-electron chi connectivity index (χ2n) is 5.71. The predicted octanol–water partition coefficient (Wildman–Crippen LogP) is 2.87. The van der Waals surface area contributed by atoms with E-state index in [0.29, 0.717) is 13.0 Å². The van der Waals surface area contributed by atoms with Crippen molar-refractivity contribution in [2.24, 2.45) is 4.99 Å². The minimum absolute atomic E-state index is 0.128. The van der Waals surface area contributed by atoms with Crippen LogP contribution in [-0.4, -0.2) is 39.2 Å². The number of nitrogens with one attached hydrogen (secondary N) is 2. The standard InChI is InChI=1S/C19H31N3O3/c1-4-20-19(21-13-8-6-5-7-12-18(23)25-3)22-15-16-10-9-11-17(14-16)24-2/h9-11,14H,4-8,12-13,15H2,1-3H3,(H2,20,21,22). The van der Waals surface area contributed by atoms with Crippen molar-refractivity contribution in [3.05, 3.63) is 29.8 Å². The van der Waals surface area contributed by atoms with E-state index in [1.165, 1.54) is 7.11 Å². The van der Waals surface area contributed by atoms with Gasteiger partial charge in [0.1, 0.15) is 5.75 Å². The number of carbonyl (C=O) groups is 1. The van der Waals surface area contributed by atoms with Gasteiger partial charge in [-0.1, -0.05) is 25.0 Å². The van der Waals surface area contributed by atoms with Crippen molar-refractivity contribution in [1.29, 1.82) is 0 Å². The Bertz CT molecular complexity index is 532. The van der Waals surface area contributed by atoms with Gasteiger partial charge in [0.2, 0.25) is 0 Å². The maximum atomic E-state index is 11.0. The minimum Gasteiger partial charge on any atom is -0.497 e. The van der Waals surface area contributed by atoms with E-state index < -0.39 is 0 Å². The van der Waals surface area contributed by atoms with Gasteiger partial charge in [-0.3, -0.25) is 4.79 Å². The fourth-order valence-electron chi connectivity index (χ4n) is 2.34. The lowest BCUT2D eigenvalue weighted by Gasteiger charge is -2.11. The van der Waals surface area contributed by atoms with Crippen molar-refractivity contribution in [1.82, 2.24) is 10.6 Å². The summed E-state index contributed by atoms with van der Waals surface area (Å²) in [6.07, 6.45) is 4.56. The van der Waals surface area contributed by atoms with E-state index in [2.05, 4.69) is 27.3 Å². The third kappa shape index (κ3) is 9.59. The summed E-state index contributed by atoms with van der Waals surface area (Å²) in [5.74, 6) is 1.54. The molecule has 0 bridgehead atoms. The van der Waals surface area contributed by atoms with Crippen molar-refractivity contribution in [2.45, 2.75) is 45.6 Å². The third-order valence-corrected chi connectivity index (χ3v) is 3.73. The van der Waals surface area contributed by atoms with Gasteiger partial charge < -0.3 is 20.1 Å². The molecule has 0 aliphatic rings. The van der Waals surface area contributed by atoms with E-state index in [9.17, 15) is 4.79 Å². The summed E-state index contributed by atoms with van der Waals surface area (Å²) in [6, 6.07) is 7.93. The zero-order valence-corrected chi connectivity index (χ0v) is 15.6. The minimum atomic E-state index is -0.128. The number of unbranched alkanes of at least 4 members (excludes halogenated alkanes) is 3. The summed E-state index contributed by atoms with van der Waals surface area (Å²) in [5.41, 5.74) is 1.11. The van der Waals surface area contributed by atoms with Crippen LogP contribution in [0.4, 0.5) is 0 Å². The van der Waals surface area contributed by atoms with Gasteiger partial charge in [-0.2, -0.15) is 0 Å². The molecule has 1 aromatic carbocycles. The van der Waals surface area contributed by atoms with Crippen molar-refractivity contribution in [2.75, 3.05) is 27.3 Å². The van der Waals surface area contributed by atoms with Crippen LogP contribution in [0.25, 0.3) is 0 Å². The Hall–Kier alpha value is -2.24. The lowest BCUT2D eigenvalue weighted by atomic mass is 10.1. The molecule has 0 spiro atoms. The Morgan fingerprint density at radius 1 is 1.12 bits per heavy atom. The first kappa shape index (κ1) is 20.8. The van der Waals surface area contributed by atoms with Gasteiger partial charge in [0, 0.05) is 19.5 Å². The van der Waals surface area contributed by atoms with Crippen molar-refractivity contribution < 1.29 is 14.3 Å². The number of methoxy groups -OCH3 is 2. The zero-order chi connectivity index (χ0) is 18.3. The molecular formula is C19H31N3O3. The molecule has 25 heavy (non-hydrogen) atoms. The van der Waals surface area contributed by atoms with Crippen molar-refractivity contribution >= 4 is 11.9 Å².